The van der Waals surface area contributed by atoms with Gasteiger partial charge >= 0.3 is 0 Å². The molecule has 0 atom stereocenters. The smallest absolute Gasteiger partial charge is 0.112 e. The van der Waals surface area contributed by atoms with Crippen LogP contribution in [0.15, 0.2) is 34.1 Å². The summed E-state index contributed by atoms with van der Waals surface area (Å²) in [6, 6.07) is 8.91. The lowest BCUT2D eigenvalue weighted by Crippen LogP contribution is -3.13. The Bertz CT molecular complexity index is 615. The molecule has 21 heavy (non-hydrogen) atoms. The molecule has 0 unspecified atom stereocenters. The van der Waals surface area contributed by atoms with Gasteiger partial charge in [-0.1, -0.05) is 12.1 Å². The Kier molecular flexibility index (Phi) is 4.67. The van der Waals surface area contributed by atoms with Gasteiger partial charge in [-0.05, 0) is 53.0 Å². The molecule has 0 saturated carbocycles. The van der Waals surface area contributed by atoms with Gasteiger partial charge in [0.2, 0.25) is 0 Å². The van der Waals surface area contributed by atoms with E-state index >= 15 is 0 Å². The predicted octanol–water partition coefficient (Wildman–Crippen LogP) is 3.03. The molecule has 1 saturated heterocycles. The number of thiophene rings is 1. The van der Waals surface area contributed by atoms with E-state index in [1.54, 1.807) is 4.90 Å². The third-order valence-electron chi connectivity index (χ3n) is 4.43. The number of rotatable bonds is 3. The molecule has 2 heterocycles. The first-order valence-corrected chi connectivity index (χ1v) is 9.18. The summed E-state index contributed by atoms with van der Waals surface area (Å²) < 4.78 is 1.22. The second-order valence-corrected chi connectivity index (χ2v) is 7.78. The van der Waals surface area contributed by atoms with Crippen LogP contribution < -0.4 is 9.80 Å². The molecule has 0 aliphatic carbocycles. The first kappa shape index (κ1) is 15.1. The van der Waals surface area contributed by atoms with Crippen molar-refractivity contribution in [3.05, 3.63) is 50.1 Å². The van der Waals surface area contributed by atoms with Gasteiger partial charge in [-0.3, -0.25) is 0 Å². The fourth-order valence-electron chi connectivity index (χ4n) is 3.01. The third-order valence-corrected chi connectivity index (χ3v) is 6.13. The SMILES string of the molecule is Cc1cccc(N2CC[NH+](Cc3cc(Br)cs3)CC2)c1C. The molecule has 1 aromatic heterocycles. The average molecular weight is 366 g/mol. The minimum atomic E-state index is 1.16. The summed E-state index contributed by atoms with van der Waals surface area (Å²) in [6.45, 7) is 10.4. The Morgan fingerprint density at radius 2 is 2.00 bits per heavy atom. The van der Waals surface area contributed by atoms with Crippen LogP contribution >= 0.6 is 27.3 Å². The van der Waals surface area contributed by atoms with Crippen LogP contribution in [0, 0.1) is 13.8 Å². The molecule has 0 amide bonds. The van der Waals surface area contributed by atoms with Gasteiger partial charge < -0.3 is 9.80 Å². The molecule has 1 aliphatic rings. The van der Waals surface area contributed by atoms with Gasteiger partial charge in [0.1, 0.15) is 6.54 Å². The van der Waals surface area contributed by atoms with Crippen molar-refractivity contribution in [3.63, 3.8) is 0 Å². The van der Waals surface area contributed by atoms with Crippen molar-refractivity contribution >= 4 is 33.0 Å². The number of quaternary nitrogens is 1. The number of piperazine rings is 1. The van der Waals surface area contributed by atoms with Crippen molar-refractivity contribution < 1.29 is 4.90 Å². The number of hydrogen-bond acceptors (Lipinski definition) is 2. The minimum Gasteiger partial charge on any atom is -0.360 e. The van der Waals surface area contributed by atoms with E-state index in [9.17, 15) is 0 Å². The molecule has 0 radical (unpaired) electrons. The Morgan fingerprint density at radius 3 is 2.67 bits per heavy atom. The van der Waals surface area contributed by atoms with E-state index in [0.29, 0.717) is 0 Å². The third kappa shape index (κ3) is 3.50. The van der Waals surface area contributed by atoms with Gasteiger partial charge in [-0.15, -0.1) is 11.3 Å². The highest BCUT2D eigenvalue weighted by atomic mass is 79.9. The van der Waals surface area contributed by atoms with E-state index in [1.807, 2.05) is 11.3 Å². The molecule has 112 valence electrons. The highest BCUT2D eigenvalue weighted by molar-refractivity contribution is 9.10. The summed E-state index contributed by atoms with van der Waals surface area (Å²) in [5.74, 6) is 0. The largest absolute Gasteiger partial charge is 0.360 e. The molecule has 0 bridgehead atoms. The molecular formula is C17H22BrN2S+. The van der Waals surface area contributed by atoms with Crippen molar-refractivity contribution in [1.82, 2.24) is 0 Å². The number of nitrogens with zero attached hydrogens (tertiary/aromatic N) is 1. The molecular weight excluding hydrogens is 344 g/mol. The van der Waals surface area contributed by atoms with Gasteiger partial charge in [-0.2, -0.15) is 0 Å². The number of halogens is 1. The van der Waals surface area contributed by atoms with Crippen LogP contribution in [0.1, 0.15) is 16.0 Å². The topological polar surface area (TPSA) is 7.68 Å². The summed E-state index contributed by atoms with van der Waals surface area (Å²) in [5.41, 5.74) is 4.25. The number of benzene rings is 1. The molecule has 0 spiro atoms. The molecule has 1 aromatic carbocycles. The first-order chi connectivity index (χ1) is 10.1. The zero-order chi connectivity index (χ0) is 14.8. The van der Waals surface area contributed by atoms with Crippen LogP contribution in [0.25, 0.3) is 0 Å². The number of aryl methyl sites for hydroxylation is 1. The fraction of sp³-hybridized carbons (Fsp3) is 0.412. The maximum absolute atomic E-state index is 3.54. The van der Waals surface area contributed by atoms with Crippen molar-refractivity contribution in [2.24, 2.45) is 0 Å². The number of hydrogen-bond donors (Lipinski definition) is 1. The first-order valence-electron chi connectivity index (χ1n) is 7.51. The van der Waals surface area contributed by atoms with E-state index in [2.05, 4.69) is 64.3 Å². The van der Waals surface area contributed by atoms with Crippen molar-refractivity contribution in [2.75, 3.05) is 31.1 Å². The summed E-state index contributed by atoms with van der Waals surface area (Å²) in [5, 5.41) is 2.18. The zero-order valence-corrected chi connectivity index (χ0v) is 15.1. The highest BCUT2D eigenvalue weighted by Gasteiger charge is 2.21. The van der Waals surface area contributed by atoms with Gasteiger partial charge in [0.25, 0.3) is 0 Å². The molecule has 4 heteroatoms. The Balaban J connectivity index is 1.61. The number of anilines is 1. The van der Waals surface area contributed by atoms with E-state index in [4.69, 9.17) is 0 Å². The quantitative estimate of drug-likeness (QED) is 0.878. The average Bonchev–Trinajstić information content (AvgIpc) is 2.88. The summed E-state index contributed by atoms with van der Waals surface area (Å²) in [4.78, 5) is 5.74. The fourth-order valence-corrected chi connectivity index (χ4v) is 4.53. The van der Waals surface area contributed by atoms with Crippen molar-refractivity contribution in [2.45, 2.75) is 20.4 Å². The van der Waals surface area contributed by atoms with Crippen LogP contribution in [0.4, 0.5) is 5.69 Å². The van der Waals surface area contributed by atoms with Gasteiger partial charge in [0.15, 0.2) is 0 Å². The maximum Gasteiger partial charge on any atom is 0.112 e. The van der Waals surface area contributed by atoms with Crippen molar-refractivity contribution in [3.8, 4) is 0 Å². The van der Waals surface area contributed by atoms with Crippen LogP contribution in [-0.4, -0.2) is 26.2 Å². The zero-order valence-electron chi connectivity index (χ0n) is 12.7. The van der Waals surface area contributed by atoms with Crippen LogP contribution in [0.3, 0.4) is 0 Å². The molecule has 1 aliphatic heterocycles. The second-order valence-electron chi connectivity index (χ2n) is 5.86. The molecule has 3 rings (SSSR count). The van der Waals surface area contributed by atoms with Gasteiger partial charge in [0, 0.05) is 15.5 Å². The molecule has 1 N–H and O–H groups in total. The lowest BCUT2D eigenvalue weighted by atomic mass is 10.1. The van der Waals surface area contributed by atoms with Gasteiger partial charge in [-0.25, -0.2) is 0 Å². The standard InChI is InChI=1S/C17H21BrN2S/c1-13-4-3-5-17(14(13)2)20-8-6-19(7-9-20)11-16-10-15(18)12-21-16/h3-5,10,12H,6-9,11H2,1-2H3/p+1. The highest BCUT2D eigenvalue weighted by Crippen LogP contribution is 2.23. The minimum absolute atomic E-state index is 1.16. The van der Waals surface area contributed by atoms with E-state index < -0.39 is 0 Å². The lowest BCUT2D eigenvalue weighted by molar-refractivity contribution is -0.914. The van der Waals surface area contributed by atoms with Crippen LogP contribution in [-0.2, 0) is 6.54 Å². The van der Waals surface area contributed by atoms with Crippen LogP contribution in [0.2, 0.25) is 0 Å². The monoisotopic (exact) mass is 365 g/mol. The van der Waals surface area contributed by atoms with Gasteiger partial charge in [0.05, 0.1) is 31.1 Å². The van der Waals surface area contributed by atoms with Crippen LogP contribution in [0.5, 0.6) is 0 Å². The lowest BCUT2D eigenvalue weighted by Gasteiger charge is -2.34. The Labute approximate surface area is 139 Å². The van der Waals surface area contributed by atoms with E-state index in [1.165, 1.54) is 39.3 Å². The summed E-state index contributed by atoms with van der Waals surface area (Å²) in [7, 11) is 0. The normalized spacial score (nSPS) is 16.4. The van der Waals surface area contributed by atoms with Crippen molar-refractivity contribution in [1.29, 1.82) is 0 Å². The molecule has 1 fully saturated rings. The Hall–Kier alpha value is -0.840. The second kappa shape index (κ2) is 6.51. The molecule has 2 nitrogen and oxygen atoms in total. The number of nitrogens with one attached hydrogen (secondary N) is 1. The van der Waals surface area contributed by atoms with E-state index in [-0.39, 0.29) is 0 Å². The Morgan fingerprint density at radius 1 is 1.24 bits per heavy atom. The summed E-state index contributed by atoms with van der Waals surface area (Å²) >= 11 is 5.41. The summed E-state index contributed by atoms with van der Waals surface area (Å²) in [6.07, 6.45) is 0. The van der Waals surface area contributed by atoms with E-state index in [0.717, 1.165) is 19.6 Å². The molecule has 2 aromatic rings. The maximum atomic E-state index is 3.54. The predicted molar refractivity (Wildman–Crippen MR) is 94.5 cm³/mol.